The number of nitrogens with zero attached hydrogens (tertiary/aromatic N) is 3. The molecule has 0 fully saturated rings. The molecule has 0 radical (unpaired) electrons. The van der Waals surface area contributed by atoms with E-state index < -0.39 is 11.9 Å². The number of hydrogen-bond acceptors (Lipinski definition) is 9. The molecule has 200 valence electrons. The Morgan fingerprint density at radius 1 is 0.821 bits per heavy atom. The lowest BCUT2D eigenvalue weighted by Crippen LogP contribution is -2.07. The summed E-state index contributed by atoms with van der Waals surface area (Å²) in [7, 11) is 6.10. The van der Waals surface area contributed by atoms with Crippen molar-refractivity contribution in [1.82, 2.24) is 15.2 Å². The SMILES string of the molecule is COC(=O)c1c(-c2ccccc2Cl)noc1/C=C/C(=C\N(C)C)c1onc(-c2ccccc2Cl)c1C(=O)OC. The molecule has 0 N–H and O–H groups in total. The lowest BCUT2D eigenvalue weighted by molar-refractivity contribution is 0.0591. The average Bonchev–Trinajstić information content (AvgIpc) is 3.55. The summed E-state index contributed by atoms with van der Waals surface area (Å²) in [5, 5.41) is 8.98. The van der Waals surface area contributed by atoms with Crippen LogP contribution in [0.1, 0.15) is 32.2 Å². The topological polar surface area (TPSA) is 108 Å². The van der Waals surface area contributed by atoms with Crippen LogP contribution >= 0.6 is 23.2 Å². The molecule has 2 heterocycles. The highest BCUT2D eigenvalue weighted by molar-refractivity contribution is 6.34. The number of rotatable bonds is 8. The van der Waals surface area contributed by atoms with Gasteiger partial charge in [0.05, 0.1) is 24.3 Å². The highest BCUT2D eigenvalue weighted by Gasteiger charge is 2.29. The van der Waals surface area contributed by atoms with E-state index in [2.05, 4.69) is 10.3 Å². The Morgan fingerprint density at radius 3 is 1.87 bits per heavy atom. The molecule has 2 aromatic carbocycles. The monoisotopic (exact) mass is 567 g/mol. The number of methoxy groups -OCH3 is 2. The maximum absolute atomic E-state index is 12.9. The largest absolute Gasteiger partial charge is 0.465 e. The molecule has 0 atom stereocenters. The Morgan fingerprint density at radius 2 is 1.33 bits per heavy atom. The van der Waals surface area contributed by atoms with Crippen molar-refractivity contribution in [2.45, 2.75) is 0 Å². The summed E-state index contributed by atoms with van der Waals surface area (Å²) in [5.74, 6) is -1.12. The maximum atomic E-state index is 12.9. The summed E-state index contributed by atoms with van der Waals surface area (Å²) < 4.78 is 21.2. The molecule has 0 unspecified atom stereocenters. The summed E-state index contributed by atoms with van der Waals surface area (Å²) in [5.41, 5.74) is 2.00. The van der Waals surface area contributed by atoms with Crippen LogP contribution in [0.4, 0.5) is 0 Å². The van der Waals surface area contributed by atoms with Crippen molar-refractivity contribution in [3.05, 3.63) is 93.5 Å². The fraction of sp³-hybridized carbons (Fsp3) is 0.143. The van der Waals surface area contributed by atoms with Crippen molar-refractivity contribution in [1.29, 1.82) is 0 Å². The third-order valence-corrected chi connectivity index (χ3v) is 6.18. The molecule has 4 rings (SSSR count). The molecule has 9 nitrogen and oxygen atoms in total. The van der Waals surface area contributed by atoms with Crippen LogP contribution in [0, 0.1) is 0 Å². The summed E-state index contributed by atoms with van der Waals surface area (Å²) in [4.78, 5) is 27.4. The quantitative estimate of drug-likeness (QED) is 0.174. The minimum Gasteiger partial charge on any atom is -0.465 e. The second kappa shape index (κ2) is 12.0. The molecule has 0 saturated carbocycles. The van der Waals surface area contributed by atoms with Gasteiger partial charge in [0, 0.05) is 37.0 Å². The lowest BCUT2D eigenvalue weighted by Gasteiger charge is -2.09. The van der Waals surface area contributed by atoms with E-state index in [9.17, 15) is 9.59 Å². The Kier molecular flexibility index (Phi) is 8.53. The molecule has 39 heavy (non-hydrogen) atoms. The van der Waals surface area contributed by atoms with Crippen molar-refractivity contribution < 1.29 is 28.1 Å². The van der Waals surface area contributed by atoms with Crippen molar-refractivity contribution in [3.63, 3.8) is 0 Å². The van der Waals surface area contributed by atoms with Gasteiger partial charge in [0.15, 0.2) is 11.5 Å². The predicted molar refractivity (Wildman–Crippen MR) is 147 cm³/mol. The summed E-state index contributed by atoms with van der Waals surface area (Å²) in [6.07, 6.45) is 4.79. The summed E-state index contributed by atoms with van der Waals surface area (Å²) in [6.45, 7) is 0. The van der Waals surface area contributed by atoms with Gasteiger partial charge in [0.2, 0.25) is 0 Å². The van der Waals surface area contributed by atoms with Crippen molar-refractivity contribution >= 4 is 46.8 Å². The van der Waals surface area contributed by atoms with Crippen LogP contribution in [0.5, 0.6) is 0 Å². The number of carbonyl (C=O) groups excluding carboxylic acids is 2. The van der Waals surface area contributed by atoms with E-state index in [1.54, 1.807) is 79.8 Å². The second-order valence-corrected chi connectivity index (χ2v) is 9.14. The average molecular weight is 568 g/mol. The number of halogens is 2. The van der Waals surface area contributed by atoms with Gasteiger partial charge in [-0.15, -0.1) is 0 Å². The van der Waals surface area contributed by atoms with Crippen LogP contribution in [0.25, 0.3) is 34.2 Å². The number of hydrogen-bond donors (Lipinski definition) is 0. The van der Waals surface area contributed by atoms with Crippen LogP contribution in [0.15, 0.2) is 69.9 Å². The minimum atomic E-state index is -0.671. The number of allylic oxidation sites excluding steroid dienone is 2. The van der Waals surface area contributed by atoms with Crippen LogP contribution in [-0.2, 0) is 9.47 Å². The van der Waals surface area contributed by atoms with Gasteiger partial charge in [0.25, 0.3) is 0 Å². The van der Waals surface area contributed by atoms with Gasteiger partial charge in [-0.05, 0) is 24.3 Å². The third-order valence-electron chi connectivity index (χ3n) is 5.52. The number of aromatic nitrogens is 2. The van der Waals surface area contributed by atoms with Gasteiger partial charge in [-0.2, -0.15) is 0 Å². The van der Waals surface area contributed by atoms with Gasteiger partial charge < -0.3 is 23.4 Å². The zero-order valence-electron chi connectivity index (χ0n) is 21.4. The summed E-state index contributed by atoms with van der Waals surface area (Å²) >= 11 is 12.7. The Bertz CT molecular complexity index is 1590. The molecule has 0 saturated heterocycles. The fourth-order valence-corrected chi connectivity index (χ4v) is 4.24. The molecule has 0 aliphatic rings. The smallest absolute Gasteiger partial charge is 0.344 e. The molecule has 0 spiro atoms. The van der Waals surface area contributed by atoms with Crippen molar-refractivity contribution in [2.75, 3.05) is 28.3 Å². The number of carbonyl (C=O) groups is 2. The third kappa shape index (κ3) is 5.74. The number of ether oxygens (including phenoxy) is 2. The van der Waals surface area contributed by atoms with Crippen LogP contribution in [0.3, 0.4) is 0 Å². The summed E-state index contributed by atoms with van der Waals surface area (Å²) in [6, 6.07) is 13.8. The highest BCUT2D eigenvalue weighted by atomic mass is 35.5. The Balaban J connectivity index is 1.85. The Labute approximate surface area is 234 Å². The normalized spacial score (nSPS) is 11.6. The van der Waals surface area contributed by atoms with Crippen LogP contribution in [-0.4, -0.2) is 55.5 Å². The molecular weight excluding hydrogens is 545 g/mol. The number of benzene rings is 2. The standard InChI is InChI=1S/C28H23Cl2N3O6/c1-33(2)15-16(26-23(28(35)37-4)25(32-39-26)18-10-6-8-12-20(18)30)13-14-21-22(27(34)36-3)24(31-38-21)17-9-5-7-11-19(17)29/h5-15H,1-4H3/b14-13+,16-15+. The zero-order chi connectivity index (χ0) is 28.1. The van der Waals surface area contributed by atoms with Gasteiger partial charge >= 0.3 is 11.9 Å². The zero-order valence-corrected chi connectivity index (χ0v) is 22.9. The first-order valence-corrected chi connectivity index (χ1v) is 12.2. The number of esters is 2. The van der Waals surface area contributed by atoms with E-state index in [-0.39, 0.29) is 34.0 Å². The van der Waals surface area contributed by atoms with Gasteiger partial charge in [0.1, 0.15) is 22.5 Å². The van der Waals surface area contributed by atoms with E-state index >= 15 is 0 Å². The van der Waals surface area contributed by atoms with E-state index in [0.29, 0.717) is 26.7 Å². The second-order valence-electron chi connectivity index (χ2n) is 8.33. The maximum Gasteiger partial charge on any atom is 0.344 e. The first-order chi connectivity index (χ1) is 18.8. The van der Waals surface area contributed by atoms with Gasteiger partial charge in [-0.25, -0.2) is 9.59 Å². The molecule has 0 aliphatic heterocycles. The van der Waals surface area contributed by atoms with E-state index in [0.717, 1.165) is 0 Å². The van der Waals surface area contributed by atoms with Crippen molar-refractivity contribution in [2.24, 2.45) is 0 Å². The molecule has 0 aliphatic carbocycles. The Hall–Kier alpha value is -4.34. The van der Waals surface area contributed by atoms with Crippen molar-refractivity contribution in [3.8, 4) is 22.5 Å². The first-order valence-electron chi connectivity index (χ1n) is 11.5. The van der Waals surface area contributed by atoms with Gasteiger partial charge in [-0.1, -0.05) is 69.9 Å². The van der Waals surface area contributed by atoms with E-state index in [1.807, 2.05) is 0 Å². The predicted octanol–water partition coefficient (Wildman–Crippen LogP) is 6.49. The molecular formula is C28H23Cl2N3O6. The highest BCUT2D eigenvalue weighted by Crippen LogP contribution is 2.36. The first kappa shape index (κ1) is 27.7. The fourth-order valence-electron chi connectivity index (χ4n) is 3.79. The van der Waals surface area contributed by atoms with E-state index in [1.165, 1.54) is 20.3 Å². The molecule has 11 heteroatoms. The lowest BCUT2D eigenvalue weighted by atomic mass is 10.0. The molecule has 0 bridgehead atoms. The van der Waals surface area contributed by atoms with Gasteiger partial charge in [-0.3, -0.25) is 0 Å². The van der Waals surface area contributed by atoms with Crippen LogP contribution in [0.2, 0.25) is 10.0 Å². The minimum absolute atomic E-state index is 0.0749. The van der Waals surface area contributed by atoms with E-state index in [4.69, 9.17) is 41.7 Å². The molecule has 4 aromatic rings. The molecule has 0 amide bonds. The molecule has 2 aromatic heterocycles. The van der Waals surface area contributed by atoms with Crippen LogP contribution < -0.4 is 0 Å².